The number of sulfonamides is 1. The van der Waals surface area contributed by atoms with Crippen LogP contribution in [0.3, 0.4) is 0 Å². The molecule has 3 rings (SSSR count). The smallest absolute Gasteiger partial charge is 0.321 e. The molecular formula is C21H18ClFN4O5S. The average molecular weight is 493 g/mol. The molecule has 172 valence electrons. The Kier molecular flexibility index (Phi) is 6.84. The predicted molar refractivity (Wildman–Crippen MR) is 123 cm³/mol. The number of carbonyl (C=O) groups is 1. The van der Waals surface area contributed by atoms with Crippen molar-refractivity contribution in [3.05, 3.63) is 92.0 Å². The second kappa shape index (κ2) is 9.43. The second-order valence-electron chi connectivity index (χ2n) is 6.89. The number of aromatic nitrogens is 2. The van der Waals surface area contributed by atoms with Crippen molar-refractivity contribution in [2.24, 2.45) is 14.1 Å². The molecule has 2 aromatic carbocycles. The summed E-state index contributed by atoms with van der Waals surface area (Å²) >= 11 is 5.97. The highest BCUT2D eigenvalue weighted by atomic mass is 35.5. The fraction of sp³-hybridized carbons (Fsp3) is 0.0952. The molecule has 1 aromatic heterocycles. The van der Waals surface area contributed by atoms with Crippen LogP contribution in [0.4, 0.5) is 15.8 Å². The van der Waals surface area contributed by atoms with Crippen LogP contribution >= 0.6 is 11.6 Å². The van der Waals surface area contributed by atoms with Gasteiger partial charge in [-0.25, -0.2) is 17.6 Å². The average Bonchev–Trinajstić information content (AvgIpc) is 2.76. The molecule has 0 aliphatic carbocycles. The molecule has 0 aliphatic heterocycles. The van der Waals surface area contributed by atoms with E-state index in [-0.39, 0.29) is 22.0 Å². The lowest BCUT2D eigenvalue weighted by Crippen LogP contribution is -2.37. The fourth-order valence-electron chi connectivity index (χ4n) is 2.86. The monoisotopic (exact) mass is 492 g/mol. The first-order valence-corrected chi connectivity index (χ1v) is 11.2. The molecule has 2 N–H and O–H groups in total. The van der Waals surface area contributed by atoms with Gasteiger partial charge in [-0.1, -0.05) is 23.7 Å². The Labute approximate surface area is 192 Å². The Morgan fingerprint density at radius 1 is 1.09 bits per heavy atom. The number of hydrogen-bond acceptors (Lipinski definition) is 5. The molecule has 12 heteroatoms. The van der Waals surface area contributed by atoms with Crippen molar-refractivity contribution in [2.45, 2.75) is 4.90 Å². The van der Waals surface area contributed by atoms with Crippen molar-refractivity contribution in [2.75, 3.05) is 10.0 Å². The summed E-state index contributed by atoms with van der Waals surface area (Å²) in [6.07, 6.45) is 3.53. The van der Waals surface area contributed by atoms with Crippen molar-refractivity contribution in [1.82, 2.24) is 9.13 Å². The molecule has 0 saturated heterocycles. The number of aryl methyl sites for hydroxylation is 1. The maximum Gasteiger partial charge on any atom is 0.330 e. The number of amides is 1. The third kappa shape index (κ3) is 5.38. The molecule has 33 heavy (non-hydrogen) atoms. The molecule has 0 aliphatic rings. The minimum atomic E-state index is -4.30. The van der Waals surface area contributed by atoms with Crippen LogP contribution in [0.5, 0.6) is 0 Å². The number of nitrogens with zero attached hydrogens (tertiary/aromatic N) is 2. The fourth-order valence-corrected chi connectivity index (χ4v) is 4.19. The van der Waals surface area contributed by atoms with Crippen molar-refractivity contribution in [1.29, 1.82) is 0 Å². The van der Waals surface area contributed by atoms with E-state index in [1.165, 1.54) is 61.3 Å². The summed E-state index contributed by atoms with van der Waals surface area (Å²) in [5.74, 6) is -1.65. The normalized spacial score (nSPS) is 11.5. The van der Waals surface area contributed by atoms with Gasteiger partial charge in [-0.2, -0.15) is 0 Å². The molecule has 0 spiro atoms. The SMILES string of the molecule is Cn1cc(/C=C/C(=O)Nc2cc(Cl)ccc2NS(=O)(=O)c2ccccc2F)c(=O)n(C)c1=O. The number of nitrogens with one attached hydrogen (secondary N) is 2. The number of benzene rings is 2. The number of halogens is 2. The molecule has 0 saturated carbocycles. The molecule has 0 radical (unpaired) electrons. The molecule has 0 fully saturated rings. The Morgan fingerprint density at radius 3 is 2.48 bits per heavy atom. The summed E-state index contributed by atoms with van der Waals surface area (Å²) in [6.45, 7) is 0. The van der Waals surface area contributed by atoms with Gasteiger partial charge in [0.15, 0.2) is 0 Å². The Bertz CT molecular complexity index is 1500. The van der Waals surface area contributed by atoms with Crippen LogP contribution in [0, 0.1) is 5.82 Å². The highest BCUT2D eigenvalue weighted by Gasteiger charge is 2.20. The van der Waals surface area contributed by atoms with E-state index in [0.29, 0.717) is 0 Å². The largest absolute Gasteiger partial charge is 0.330 e. The van der Waals surface area contributed by atoms with Gasteiger partial charge in [-0.3, -0.25) is 18.9 Å². The van der Waals surface area contributed by atoms with Crippen molar-refractivity contribution >= 4 is 45.0 Å². The summed E-state index contributed by atoms with van der Waals surface area (Å²) in [6, 6.07) is 8.83. The van der Waals surface area contributed by atoms with E-state index in [4.69, 9.17) is 11.6 Å². The van der Waals surface area contributed by atoms with Crippen LogP contribution < -0.4 is 21.3 Å². The van der Waals surface area contributed by atoms with Gasteiger partial charge in [-0.05, 0) is 36.4 Å². The maximum atomic E-state index is 14.0. The highest BCUT2D eigenvalue weighted by Crippen LogP contribution is 2.28. The van der Waals surface area contributed by atoms with E-state index in [1.54, 1.807) is 0 Å². The van der Waals surface area contributed by atoms with Gasteiger partial charge in [0.25, 0.3) is 15.6 Å². The van der Waals surface area contributed by atoms with E-state index in [1.807, 2.05) is 0 Å². The number of anilines is 2. The predicted octanol–water partition coefficient (Wildman–Crippen LogP) is 2.33. The van der Waals surface area contributed by atoms with Crippen LogP contribution in [-0.4, -0.2) is 23.5 Å². The molecule has 1 amide bonds. The van der Waals surface area contributed by atoms with E-state index >= 15 is 0 Å². The minimum Gasteiger partial charge on any atom is -0.321 e. The number of hydrogen-bond donors (Lipinski definition) is 2. The van der Waals surface area contributed by atoms with Crippen LogP contribution in [0.15, 0.2) is 69.2 Å². The van der Waals surface area contributed by atoms with E-state index < -0.39 is 37.9 Å². The third-order valence-electron chi connectivity index (χ3n) is 4.50. The first-order chi connectivity index (χ1) is 15.5. The van der Waals surface area contributed by atoms with Gasteiger partial charge in [0.2, 0.25) is 5.91 Å². The van der Waals surface area contributed by atoms with E-state index in [2.05, 4.69) is 10.0 Å². The zero-order chi connectivity index (χ0) is 24.3. The maximum absolute atomic E-state index is 14.0. The topological polar surface area (TPSA) is 119 Å². The van der Waals surface area contributed by atoms with E-state index in [0.717, 1.165) is 22.8 Å². The van der Waals surface area contributed by atoms with Crippen LogP contribution in [0.2, 0.25) is 5.02 Å². The number of carbonyl (C=O) groups excluding carboxylic acids is 1. The highest BCUT2D eigenvalue weighted by molar-refractivity contribution is 7.92. The molecule has 0 atom stereocenters. The second-order valence-corrected chi connectivity index (χ2v) is 8.98. The first-order valence-electron chi connectivity index (χ1n) is 9.32. The first kappa shape index (κ1) is 24.0. The molecular weight excluding hydrogens is 475 g/mol. The molecule has 0 bridgehead atoms. The zero-order valence-corrected chi connectivity index (χ0v) is 18.9. The lowest BCUT2D eigenvalue weighted by atomic mass is 10.2. The molecule has 1 heterocycles. The molecule has 0 unspecified atom stereocenters. The summed E-state index contributed by atoms with van der Waals surface area (Å²) < 4.78 is 43.5. The standard InChI is InChI=1S/C21H18ClFN4O5S/c1-26-12-13(20(29)27(2)21(26)30)7-10-19(28)24-17-11-14(22)8-9-16(17)25-33(31,32)18-6-4-3-5-15(18)23/h3-12,25H,1-2H3,(H,24,28)/b10-7+. The summed E-state index contributed by atoms with van der Waals surface area (Å²) in [5, 5.41) is 2.67. The van der Waals surface area contributed by atoms with Gasteiger partial charge < -0.3 is 9.88 Å². The van der Waals surface area contributed by atoms with Crippen LogP contribution in [0.25, 0.3) is 6.08 Å². The Morgan fingerprint density at radius 2 is 1.79 bits per heavy atom. The quantitative estimate of drug-likeness (QED) is 0.512. The minimum absolute atomic E-state index is 0.00503. The third-order valence-corrected chi connectivity index (χ3v) is 6.13. The summed E-state index contributed by atoms with van der Waals surface area (Å²) in [5.41, 5.74) is -1.08. The van der Waals surface area contributed by atoms with Crippen molar-refractivity contribution in [3.63, 3.8) is 0 Å². The van der Waals surface area contributed by atoms with Gasteiger partial charge in [0.1, 0.15) is 10.7 Å². The van der Waals surface area contributed by atoms with Crippen LogP contribution in [0.1, 0.15) is 5.56 Å². The zero-order valence-electron chi connectivity index (χ0n) is 17.4. The van der Waals surface area contributed by atoms with Gasteiger partial charge in [0, 0.05) is 31.4 Å². The summed E-state index contributed by atoms with van der Waals surface area (Å²) in [7, 11) is -1.54. The van der Waals surface area contributed by atoms with Gasteiger partial charge in [-0.15, -0.1) is 0 Å². The van der Waals surface area contributed by atoms with Crippen molar-refractivity contribution < 1.29 is 17.6 Å². The Hall–Kier alpha value is -3.70. The molecule has 3 aromatic rings. The lowest BCUT2D eigenvalue weighted by molar-refractivity contribution is -0.111. The summed E-state index contributed by atoms with van der Waals surface area (Å²) in [4.78, 5) is 35.8. The van der Waals surface area contributed by atoms with Gasteiger partial charge in [0.05, 0.1) is 16.9 Å². The van der Waals surface area contributed by atoms with Crippen LogP contribution in [-0.2, 0) is 28.9 Å². The van der Waals surface area contributed by atoms with Gasteiger partial charge >= 0.3 is 5.69 Å². The lowest BCUT2D eigenvalue weighted by Gasteiger charge is -2.14. The number of rotatable bonds is 6. The van der Waals surface area contributed by atoms with Crippen molar-refractivity contribution in [3.8, 4) is 0 Å². The van der Waals surface area contributed by atoms with E-state index in [9.17, 15) is 27.2 Å². The Balaban J connectivity index is 1.88. The molecule has 9 nitrogen and oxygen atoms in total.